The molecule has 246 valence electrons. The molecular formula is C37H40N2O8. The molecule has 3 fully saturated rings. The number of rotatable bonds is 10. The summed E-state index contributed by atoms with van der Waals surface area (Å²) < 4.78 is 31.6. The van der Waals surface area contributed by atoms with E-state index in [9.17, 15) is 14.4 Å². The Hall–Kier alpha value is -4.35. The van der Waals surface area contributed by atoms with Crippen LogP contribution in [-0.2, 0) is 43.7 Å². The molecule has 3 aliphatic heterocycles. The second kappa shape index (κ2) is 13.0. The van der Waals surface area contributed by atoms with Crippen LogP contribution in [0.25, 0.3) is 0 Å². The summed E-state index contributed by atoms with van der Waals surface area (Å²) in [4.78, 5) is 39.9. The van der Waals surface area contributed by atoms with Crippen molar-refractivity contribution in [1.29, 1.82) is 0 Å². The number of esters is 1. The van der Waals surface area contributed by atoms with Crippen LogP contribution in [0.3, 0.4) is 0 Å². The third kappa shape index (κ3) is 5.98. The van der Waals surface area contributed by atoms with E-state index < -0.39 is 59.5 Å². The van der Waals surface area contributed by atoms with Crippen LogP contribution in [0, 0.1) is 5.92 Å². The normalized spacial score (nSPS) is 25.9. The van der Waals surface area contributed by atoms with E-state index in [1.54, 1.807) is 20.8 Å². The Kier molecular flexibility index (Phi) is 9.04. The Morgan fingerprint density at radius 3 is 1.87 bits per heavy atom. The molecule has 2 N–H and O–H groups in total. The van der Waals surface area contributed by atoms with E-state index in [1.807, 2.05) is 91.0 Å². The van der Waals surface area contributed by atoms with Gasteiger partial charge in [0.1, 0.15) is 30.0 Å². The van der Waals surface area contributed by atoms with Gasteiger partial charge in [-0.2, -0.15) is 0 Å². The van der Waals surface area contributed by atoms with Crippen LogP contribution in [0.1, 0.15) is 43.9 Å². The van der Waals surface area contributed by atoms with Crippen molar-refractivity contribution in [2.24, 2.45) is 11.7 Å². The second-order valence-electron chi connectivity index (χ2n) is 12.4. The summed E-state index contributed by atoms with van der Waals surface area (Å²) in [7, 11) is 1.38. The molecule has 3 aromatic rings. The minimum atomic E-state index is -1.10. The third-order valence-electron chi connectivity index (χ3n) is 9.00. The first kappa shape index (κ1) is 32.6. The van der Waals surface area contributed by atoms with Gasteiger partial charge in [-0.25, -0.2) is 4.79 Å². The number of amides is 2. The van der Waals surface area contributed by atoms with E-state index >= 15 is 0 Å². The third-order valence-corrected chi connectivity index (χ3v) is 9.00. The number of nitrogens with two attached hydrogens (primary N) is 1. The van der Waals surface area contributed by atoms with Crippen LogP contribution in [0.4, 0.5) is 0 Å². The minimum absolute atomic E-state index is 0.0239. The lowest BCUT2D eigenvalue weighted by molar-refractivity contribution is -0.191. The number of benzene rings is 3. The number of nitrogens with zero attached hydrogens (tertiary/aromatic N) is 1. The highest BCUT2D eigenvalue weighted by atomic mass is 16.8. The average Bonchev–Trinajstić information content (AvgIpc) is 3.66. The maximum Gasteiger partial charge on any atom is 0.336 e. The average molecular weight is 641 g/mol. The molecule has 47 heavy (non-hydrogen) atoms. The zero-order valence-electron chi connectivity index (χ0n) is 27.0. The van der Waals surface area contributed by atoms with E-state index in [-0.39, 0.29) is 30.9 Å². The Morgan fingerprint density at radius 2 is 1.40 bits per heavy atom. The molecule has 5 atom stereocenters. The molecule has 0 aromatic heterocycles. The van der Waals surface area contributed by atoms with Gasteiger partial charge in [0.2, 0.25) is 11.8 Å². The molecule has 0 radical (unpaired) electrons. The molecule has 3 saturated heterocycles. The van der Waals surface area contributed by atoms with Gasteiger partial charge >= 0.3 is 5.97 Å². The molecule has 3 heterocycles. The zero-order valence-corrected chi connectivity index (χ0v) is 27.0. The number of fused-ring (bicyclic) bond motifs is 1. The summed E-state index contributed by atoms with van der Waals surface area (Å²) >= 11 is 0. The number of ether oxygens (including phenoxy) is 5. The molecule has 3 aromatic carbocycles. The van der Waals surface area contributed by atoms with E-state index in [2.05, 4.69) is 0 Å². The van der Waals surface area contributed by atoms with Gasteiger partial charge in [0.15, 0.2) is 5.79 Å². The second-order valence-corrected chi connectivity index (χ2v) is 12.4. The molecule has 0 bridgehead atoms. The molecular weight excluding hydrogens is 600 g/mol. The first-order valence-corrected chi connectivity index (χ1v) is 15.9. The lowest BCUT2D eigenvalue weighted by Gasteiger charge is -2.37. The molecule has 0 saturated carbocycles. The van der Waals surface area contributed by atoms with Crippen molar-refractivity contribution in [2.75, 3.05) is 20.3 Å². The summed E-state index contributed by atoms with van der Waals surface area (Å²) in [6.07, 6.45) is -3.22. The highest BCUT2D eigenvalue weighted by Gasteiger charge is 2.58. The van der Waals surface area contributed by atoms with Crippen molar-refractivity contribution >= 4 is 17.8 Å². The molecule has 0 spiro atoms. The van der Waals surface area contributed by atoms with Crippen molar-refractivity contribution in [3.05, 3.63) is 119 Å². The predicted molar refractivity (Wildman–Crippen MR) is 171 cm³/mol. The number of carbonyl (C=O) groups is 3. The van der Waals surface area contributed by atoms with Crippen LogP contribution >= 0.6 is 0 Å². The Balaban J connectivity index is 1.40. The van der Waals surface area contributed by atoms with Gasteiger partial charge in [-0.05, 0) is 37.5 Å². The lowest BCUT2D eigenvalue weighted by atomic mass is 9.80. The first-order chi connectivity index (χ1) is 22.6. The van der Waals surface area contributed by atoms with Crippen LogP contribution < -0.4 is 5.73 Å². The Bertz CT molecular complexity index is 1550. The summed E-state index contributed by atoms with van der Waals surface area (Å²) in [5.74, 6) is -3.80. The van der Waals surface area contributed by atoms with E-state index in [0.717, 1.165) is 21.6 Å². The van der Waals surface area contributed by atoms with Gasteiger partial charge in [0.05, 0.1) is 30.4 Å². The smallest absolute Gasteiger partial charge is 0.336 e. The van der Waals surface area contributed by atoms with Crippen LogP contribution in [0.5, 0.6) is 0 Å². The lowest BCUT2D eigenvalue weighted by Crippen LogP contribution is -2.39. The van der Waals surface area contributed by atoms with Gasteiger partial charge in [-0.3, -0.25) is 14.5 Å². The highest BCUT2D eigenvalue weighted by Crippen LogP contribution is 2.45. The van der Waals surface area contributed by atoms with Gasteiger partial charge in [0.25, 0.3) is 0 Å². The van der Waals surface area contributed by atoms with E-state index in [4.69, 9.17) is 29.4 Å². The van der Waals surface area contributed by atoms with Gasteiger partial charge in [0, 0.05) is 13.5 Å². The molecule has 0 aliphatic carbocycles. The monoisotopic (exact) mass is 640 g/mol. The maximum atomic E-state index is 13.3. The van der Waals surface area contributed by atoms with Gasteiger partial charge < -0.3 is 29.4 Å². The quantitative estimate of drug-likeness (QED) is 0.151. The molecule has 10 nitrogen and oxygen atoms in total. The Morgan fingerprint density at radius 1 is 0.894 bits per heavy atom. The van der Waals surface area contributed by atoms with Gasteiger partial charge in [-0.15, -0.1) is 0 Å². The Labute approximate surface area is 274 Å². The predicted octanol–water partition coefficient (Wildman–Crippen LogP) is 4.06. The zero-order chi connectivity index (χ0) is 33.3. The van der Waals surface area contributed by atoms with Crippen molar-refractivity contribution in [1.82, 2.24) is 4.90 Å². The van der Waals surface area contributed by atoms with E-state index in [1.165, 1.54) is 7.05 Å². The largest absolute Gasteiger partial charge is 0.463 e. The van der Waals surface area contributed by atoms with Crippen LogP contribution in [-0.4, -0.2) is 73.1 Å². The topological polar surface area (TPSA) is 127 Å². The van der Waals surface area contributed by atoms with E-state index in [0.29, 0.717) is 0 Å². The fourth-order valence-electron chi connectivity index (χ4n) is 6.85. The molecule has 2 amide bonds. The van der Waals surface area contributed by atoms with Crippen molar-refractivity contribution in [2.45, 2.75) is 63.0 Å². The fourth-order valence-corrected chi connectivity index (χ4v) is 6.85. The highest BCUT2D eigenvalue weighted by molar-refractivity contribution is 6.09. The SMILES string of the molecule is CCOC(=O)/C(=C(/N)[C@@H]1O[C@@H](COC(c2ccccc2)(c2ccccc2)c2ccccc2)[C@H]2OC(C)(C)O[C@@H]21)[C@@H]1CC(=O)N(C)C1=O. The molecule has 6 rings (SSSR count). The molecule has 0 unspecified atom stereocenters. The number of carbonyl (C=O) groups excluding carboxylic acids is 3. The van der Waals surface area contributed by atoms with Crippen molar-refractivity contribution in [3.63, 3.8) is 0 Å². The van der Waals surface area contributed by atoms with Gasteiger partial charge in [-0.1, -0.05) is 91.0 Å². The summed E-state index contributed by atoms with van der Waals surface area (Å²) in [6.45, 7) is 5.36. The first-order valence-electron chi connectivity index (χ1n) is 15.9. The number of hydrogen-bond acceptors (Lipinski definition) is 9. The van der Waals surface area contributed by atoms with Crippen molar-refractivity contribution in [3.8, 4) is 0 Å². The maximum absolute atomic E-state index is 13.3. The number of imide groups is 1. The van der Waals surface area contributed by atoms with Crippen LogP contribution in [0.2, 0.25) is 0 Å². The molecule has 3 aliphatic rings. The summed E-state index contributed by atoms with van der Waals surface area (Å²) in [5, 5.41) is 0. The van der Waals surface area contributed by atoms with Crippen molar-refractivity contribution < 1.29 is 38.1 Å². The summed E-state index contributed by atoms with van der Waals surface area (Å²) in [5.41, 5.74) is 8.37. The standard InChI is InChI=1S/C37H40N2O8/c1-5-43-35(42)29(26-21-28(40)39(4)34(26)41)30(38)32-33-31(46-36(2,3)47-33)27(45-32)22-44-37(23-15-9-6-10-16-23,24-17-11-7-12-18-24)25-19-13-8-14-20-25/h6-20,26-27,31-33H,5,21-22,38H2,1-4H3/b30-29+/t26-,27-,31+,32-,33-/m0/s1. The number of hydrogen-bond donors (Lipinski definition) is 1. The van der Waals surface area contributed by atoms with Crippen LogP contribution in [0.15, 0.2) is 102 Å². The molecule has 10 heteroatoms. The number of likely N-dealkylation sites (tertiary alicyclic amines) is 1. The fraction of sp³-hybridized carbons (Fsp3) is 0.378. The summed E-state index contributed by atoms with van der Waals surface area (Å²) in [6, 6.07) is 29.9. The minimum Gasteiger partial charge on any atom is -0.463 e.